The lowest BCUT2D eigenvalue weighted by Gasteiger charge is -2.34. The SMILES string of the molecule is O=C(CN1CCC(CN2CCCCCC2)CC1)Nc1ccccc1OC(F)F. The standard InChI is InChI=1S/C21H31F2N3O2/c22-21(23)28-19-8-4-3-7-18(19)24-20(27)16-26-13-9-17(10-14-26)15-25-11-5-1-2-6-12-25/h3-4,7-8,17,21H,1-2,5-6,9-16H2,(H,24,27). The number of alkyl halides is 2. The normalized spacial score (nSPS) is 20.1. The number of nitrogens with zero attached hydrogens (tertiary/aromatic N) is 2. The van der Waals surface area contributed by atoms with Crippen LogP contribution in [0.1, 0.15) is 38.5 Å². The second kappa shape index (κ2) is 10.7. The van der Waals surface area contributed by atoms with Crippen molar-refractivity contribution in [3.05, 3.63) is 24.3 Å². The average Bonchev–Trinajstić information content (AvgIpc) is 2.93. The van der Waals surface area contributed by atoms with Crippen molar-refractivity contribution < 1.29 is 18.3 Å². The van der Waals surface area contributed by atoms with Crippen LogP contribution in [-0.4, -0.2) is 61.6 Å². The Labute approximate surface area is 166 Å². The van der Waals surface area contributed by atoms with Crippen LogP contribution in [0.15, 0.2) is 24.3 Å². The molecule has 0 aliphatic carbocycles. The molecule has 1 aromatic rings. The molecule has 7 heteroatoms. The van der Waals surface area contributed by atoms with Gasteiger partial charge >= 0.3 is 6.61 Å². The molecule has 2 aliphatic rings. The van der Waals surface area contributed by atoms with Gasteiger partial charge in [0, 0.05) is 6.54 Å². The first kappa shape index (κ1) is 21.0. The van der Waals surface area contributed by atoms with Gasteiger partial charge in [0.15, 0.2) is 0 Å². The molecule has 156 valence electrons. The fraction of sp³-hybridized carbons (Fsp3) is 0.667. The number of carbonyl (C=O) groups is 1. The fourth-order valence-electron chi connectivity index (χ4n) is 4.17. The Kier molecular flexibility index (Phi) is 8.03. The van der Waals surface area contributed by atoms with Crippen LogP contribution in [0.5, 0.6) is 5.75 Å². The molecule has 2 aliphatic heterocycles. The van der Waals surface area contributed by atoms with Gasteiger partial charge in [0.1, 0.15) is 5.75 Å². The first-order chi connectivity index (χ1) is 13.6. The molecule has 0 spiro atoms. The largest absolute Gasteiger partial charge is 0.433 e. The van der Waals surface area contributed by atoms with Crippen LogP contribution in [0.25, 0.3) is 0 Å². The van der Waals surface area contributed by atoms with Crippen molar-refractivity contribution in [2.24, 2.45) is 5.92 Å². The number of halogens is 2. The van der Waals surface area contributed by atoms with E-state index >= 15 is 0 Å². The van der Waals surface area contributed by atoms with Gasteiger partial charge in [-0.25, -0.2) is 0 Å². The summed E-state index contributed by atoms with van der Waals surface area (Å²) in [5, 5.41) is 2.70. The number of amides is 1. The molecule has 1 aromatic carbocycles. The highest BCUT2D eigenvalue weighted by Crippen LogP contribution is 2.26. The summed E-state index contributed by atoms with van der Waals surface area (Å²) >= 11 is 0. The minimum atomic E-state index is -2.92. The minimum Gasteiger partial charge on any atom is -0.433 e. The molecule has 1 N–H and O–H groups in total. The van der Waals surface area contributed by atoms with Gasteiger partial charge in [0.2, 0.25) is 5.91 Å². The van der Waals surface area contributed by atoms with Crippen LogP contribution in [0.3, 0.4) is 0 Å². The number of likely N-dealkylation sites (tertiary alicyclic amines) is 2. The van der Waals surface area contributed by atoms with E-state index in [1.54, 1.807) is 18.2 Å². The number of ether oxygens (including phenoxy) is 1. The lowest BCUT2D eigenvalue weighted by molar-refractivity contribution is -0.117. The van der Waals surface area contributed by atoms with Gasteiger partial charge in [0.25, 0.3) is 0 Å². The maximum Gasteiger partial charge on any atom is 0.387 e. The molecule has 0 radical (unpaired) electrons. The minimum absolute atomic E-state index is 0.0120. The van der Waals surface area contributed by atoms with E-state index in [1.807, 2.05) is 0 Å². The van der Waals surface area contributed by atoms with E-state index in [4.69, 9.17) is 0 Å². The Morgan fingerprint density at radius 2 is 1.71 bits per heavy atom. The van der Waals surface area contributed by atoms with Crippen LogP contribution in [0, 0.1) is 5.92 Å². The molecule has 0 unspecified atom stereocenters. The maximum absolute atomic E-state index is 12.5. The van der Waals surface area contributed by atoms with Crippen molar-refractivity contribution in [1.82, 2.24) is 9.80 Å². The number of benzene rings is 1. The molecule has 28 heavy (non-hydrogen) atoms. The molecule has 0 saturated carbocycles. The first-order valence-electron chi connectivity index (χ1n) is 10.4. The quantitative estimate of drug-likeness (QED) is 0.763. The Morgan fingerprint density at radius 1 is 1.04 bits per heavy atom. The highest BCUT2D eigenvalue weighted by atomic mass is 19.3. The highest BCUT2D eigenvalue weighted by molar-refractivity contribution is 5.93. The van der Waals surface area contributed by atoms with Crippen LogP contribution in [0.4, 0.5) is 14.5 Å². The Hall–Kier alpha value is -1.73. The lowest BCUT2D eigenvalue weighted by Crippen LogP contribution is -2.42. The number of carbonyl (C=O) groups excluding carboxylic acids is 1. The second-order valence-electron chi connectivity index (χ2n) is 7.86. The molecule has 3 rings (SSSR count). The van der Waals surface area contributed by atoms with Gasteiger partial charge in [-0.3, -0.25) is 9.69 Å². The highest BCUT2D eigenvalue weighted by Gasteiger charge is 2.23. The summed E-state index contributed by atoms with van der Waals surface area (Å²) in [6, 6.07) is 6.28. The number of hydrogen-bond acceptors (Lipinski definition) is 4. The van der Waals surface area contributed by atoms with E-state index in [-0.39, 0.29) is 23.9 Å². The number of para-hydroxylation sites is 2. The van der Waals surface area contributed by atoms with Crippen LogP contribution < -0.4 is 10.1 Å². The third-order valence-electron chi connectivity index (χ3n) is 5.67. The second-order valence-corrected chi connectivity index (χ2v) is 7.86. The fourth-order valence-corrected chi connectivity index (χ4v) is 4.17. The number of nitrogens with one attached hydrogen (secondary N) is 1. The van der Waals surface area contributed by atoms with Crippen molar-refractivity contribution in [2.75, 3.05) is 44.6 Å². The molecule has 5 nitrogen and oxygen atoms in total. The van der Waals surface area contributed by atoms with E-state index in [2.05, 4.69) is 19.9 Å². The summed E-state index contributed by atoms with van der Waals surface area (Å²) in [7, 11) is 0. The van der Waals surface area contributed by atoms with Gasteiger partial charge in [-0.2, -0.15) is 8.78 Å². The zero-order valence-corrected chi connectivity index (χ0v) is 16.4. The van der Waals surface area contributed by atoms with Crippen LogP contribution in [0.2, 0.25) is 0 Å². The lowest BCUT2D eigenvalue weighted by atomic mass is 9.96. The van der Waals surface area contributed by atoms with Crippen molar-refractivity contribution >= 4 is 11.6 Å². The molecule has 2 saturated heterocycles. The molecule has 1 amide bonds. The summed E-state index contributed by atoms with van der Waals surface area (Å²) in [5.74, 6) is 0.496. The van der Waals surface area contributed by atoms with Crippen molar-refractivity contribution in [3.63, 3.8) is 0 Å². The van der Waals surface area contributed by atoms with Gasteiger partial charge in [-0.1, -0.05) is 25.0 Å². The predicted molar refractivity (Wildman–Crippen MR) is 106 cm³/mol. The molecular formula is C21H31F2N3O2. The zero-order chi connectivity index (χ0) is 19.8. The van der Waals surface area contributed by atoms with E-state index in [0.29, 0.717) is 5.92 Å². The van der Waals surface area contributed by atoms with E-state index in [1.165, 1.54) is 51.4 Å². The molecule has 0 aromatic heterocycles. The number of hydrogen-bond donors (Lipinski definition) is 1. The smallest absolute Gasteiger partial charge is 0.387 e. The number of piperidine rings is 1. The maximum atomic E-state index is 12.5. The average molecular weight is 395 g/mol. The topological polar surface area (TPSA) is 44.8 Å². The molecule has 0 atom stereocenters. The van der Waals surface area contributed by atoms with Crippen LogP contribution >= 0.6 is 0 Å². The van der Waals surface area contributed by atoms with Gasteiger partial charge in [-0.05, 0) is 69.9 Å². The van der Waals surface area contributed by atoms with Gasteiger partial charge < -0.3 is 15.0 Å². The van der Waals surface area contributed by atoms with E-state index < -0.39 is 6.61 Å². The van der Waals surface area contributed by atoms with Crippen molar-refractivity contribution in [2.45, 2.75) is 45.1 Å². The Balaban J connectivity index is 1.41. The first-order valence-corrected chi connectivity index (χ1v) is 10.4. The zero-order valence-electron chi connectivity index (χ0n) is 16.4. The predicted octanol–water partition coefficient (Wildman–Crippen LogP) is 3.81. The van der Waals surface area contributed by atoms with E-state index in [0.717, 1.165) is 25.9 Å². The van der Waals surface area contributed by atoms with Gasteiger partial charge in [0.05, 0.1) is 12.2 Å². The molecule has 2 fully saturated rings. The Morgan fingerprint density at radius 3 is 2.39 bits per heavy atom. The van der Waals surface area contributed by atoms with Gasteiger partial charge in [-0.15, -0.1) is 0 Å². The summed E-state index contributed by atoms with van der Waals surface area (Å²) in [6.45, 7) is 2.80. The number of anilines is 1. The molecule has 2 heterocycles. The molecule has 0 bridgehead atoms. The summed E-state index contributed by atoms with van der Waals surface area (Å²) < 4.78 is 29.4. The van der Waals surface area contributed by atoms with Crippen molar-refractivity contribution in [3.8, 4) is 5.75 Å². The third kappa shape index (κ3) is 6.71. The number of rotatable bonds is 7. The third-order valence-corrected chi connectivity index (χ3v) is 5.67. The summed E-state index contributed by atoms with van der Waals surface area (Å²) in [6.07, 6.45) is 7.56. The monoisotopic (exact) mass is 395 g/mol. The van der Waals surface area contributed by atoms with Crippen molar-refractivity contribution in [1.29, 1.82) is 0 Å². The Bertz CT molecular complexity index is 613. The van der Waals surface area contributed by atoms with Crippen LogP contribution in [-0.2, 0) is 4.79 Å². The van der Waals surface area contributed by atoms with E-state index in [9.17, 15) is 13.6 Å². The summed E-state index contributed by atoms with van der Waals surface area (Å²) in [4.78, 5) is 17.1. The molecular weight excluding hydrogens is 364 g/mol. The summed E-state index contributed by atoms with van der Waals surface area (Å²) in [5.41, 5.74) is 0.281.